The minimum Gasteiger partial charge on any atom is -0.444 e. The molecule has 9 nitrogen and oxygen atoms in total. The molecular weight excluding hydrogens is 496 g/mol. The molecule has 0 bridgehead atoms. The predicted octanol–water partition coefficient (Wildman–Crippen LogP) is 4.99. The van der Waals surface area contributed by atoms with Crippen LogP contribution in [0.3, 0.4) is 0 Å². The molecule has 4 atom stereocenters. The summed E-state index contributed by atoms with van der Waals surface area (Å²) < 4.78 is 10.9. The van der Waals surface area contributed by atoms with Crippen molar-refractivity contribution in [3.8, 4) is 0 Å². The molecule has 0 aliphatic carbocycles. The number of rotatable bonds is 0. The van der Waals surface area contributed by atoms with E-state index in [4.69, 9.17) is 9.47 Å². The molecule has 2 unspecified atom stereocenters. The second kappa shape index (κ2) is 14.6. The second-order valence-electron chi connectivity index (χ2n) is 13.2. The van der Waals surface area contributed by atoms with E-state index in [1.807, 2.05) is 70.1 Å². The molecule has 0 saturated carbocycles. The molecule has 4 rings (SSSR count). The van der Waals surface area contributed by atoms with Gasteiger partial charge in [0.2, 0.25) is 5.91 Å². The van der Waals surface area contributed by atoms with Gasteiger partial charge in [0.15, 0.2) is 0 Å². The fourth-order valence-electron chi connectivity index (χ4n) is 5.91. The lowest BCUT2D eigenvalue weighted by Crippen LogP contribution is -2.36. The van der Waals surface area contributed by atoms with E-state index in [2.05, 4.69) is 5.32 Å². The Morgan fingerprint density at radius 1 is 0.615 bits per heavy atom. The fraction of sp³-hybridized carbons (Fsp3) is 0.900. The number of hydrogen-bond donors (Lipinski definition) is 1. The van der Waals surface area contributed by atoms with Crippen molar-refractivity contribution in [3.05, 3.63) is 0 Å². The van der Waals surface area contributed by atoms with E-state index in [0.29, 0.717) is 23.7 Å². The molecule has 3 amide bonds. The number of nitrogens with zero attached hydrogens (tertiary/aromatic N) is 3. The van der Waals surface area contributed by atoms with Gasteiger partial charge in [-0.15, -0.1) is 0 Å². The quantitative estimate of drug-likeness (QED) is 0.455. The van der Waals surface area contributed by atoms with Gasteiger partial charge in [0, 0.05) is 46.2 Å². The first-order valence-electron chi connectivity index (χ1n) is 15.1. The predicted molar refractivity (Wildman–Crippen MR) is 155 cm³/mol. The lowest BCUT2D eigenvalue weighted by molar-refractivity contribution is -0.128. The van der Waals surface area contributed by atoms with Gasteiger partial charge in [-0.1, -0.05) is 13.8 Å². The Labute approximate surface area is 237 Å². The van der Waals surface area contributed by atoms with Crippen LogP contribution in [0.15, 0.2) is 0 Å². The molecule has 226 valence electrons. The Bertz CT molecular complexity index is 776. The first-order chi connectivity index (χ1) is 18.2. The maximum Gasteiger partial charge on any atom is 0.410 e. The maximum atomic E-state index is 12.1. The van der Waals surface area contributed by atoms with Crippen LogP contribution in [0.1, 0.15) is 88.0 Å². The largest absolute Gasteiger partial charge is 0.444 e. The van der Waals surface area contributed by atoms with E-state index in [1.54, 1.807) is 6.92 Å². The van der Waals surface area contributed by atoms with Crippen LogP contribution < -0.4 is 5.32 Å². The van der Waals surface area contributed by atoms with E-state index in [0.717, 1.165) is 65.2 Å². The third-order valence-corrected chi connectivity index (χ3v) is 7.83. The van der Waals surface area contributed by atoms with Crippen LogP contribution in [0.5, 0.6) is 0 Å². The first-order valence-corrected chi connectivity index (χ1v) is 15.1. The van der Waals surface area contributed by atoms with Crippen molar-refractivity contribution in [2.45, 2.75) is 99.2 Å². The van der Waals surface area contributed by atoms with E-state index in [9.17, 15) is 14.4 Å². The van der Waals surface area contributed by atoms with E-state index < -0.39 is 5.60 Å². The molecule has 4 saturated heterocycles. The third-order valence-electron chi connectivity index (χ3n) is 7.83. The summed E-state index contributed by atoms with van der Waals surface area (Å²) in [6, 6.07) is 0. The van der Waals surface area contributed by atoms with Gasteiger partial charge in [0.05, 0.1) is 0 Å². The van der Waals surface area contributed by atoms with Gasteiger partial charge in [-0.3, -0.25) is 4.79 Å². The van der Waals surface area contributed by atoms with Crippen LogP contribution in [-0.2, 0) is 14.3 Å². The number of amides is 3. The summed E-state index contributed by atoms with van der Waals surface area (Å²) in [5, 5.41) is 3.42. The third kappa shape index (κ3) is 10.8. The summed E-state index contributed by atoms with van der Waals surface area (Å²) in [4.78, 5) is 41.2. The lowest BCUT2D eigenvalue weighted by Gasteiger charge is -2.25. The monoisotopic (exact) mass is 552 g/mol. The summed E-state index contributed by atoms with van der Waals surface area (Å²) in [7, 11) is 0. The van der Waals surface area contributed by atoms with Crippen LogP contribution in [0.2, 0.25) is 0 Å². The van der Waals surface area contributed by atoms with Crippen molar-refractivity contribution < 1.29 is 23.9 Å². The molecular formula is C30H56N4O5. The molecule has 4 aliphatic heterocycles. The van der Waals surface area contributed by atoms with Gasteiger partial charge < -0.3 is 29.5 Å². The number of hydrogen-bond acceptors (Lipinski definition) is 6. The minimum absolute atomic E-state index is 0.140. The zero-order chi connectivity index (χ0) is 29.4. The highest BCUT2D eigenvalue weighted by molar-refractivity contribution is 5.73. The lowest BCUT2D eigenvalue weighted by atomic mass is 9.92. The Morgan fingerprint density at radius 3 is 1.26 bits per heavy atom. The highest BCUT2D eigenvalue weighted by Crippen LogP contribution is 2.33. The van der Waals surface area contributed by atoms with E-state index in [-0.39, 0.29) is 23.7 Å². The Balaban J connectivity index is 0.000000260. The SMILES string of the molecule is CC.CC(=O)N1CCC2CN(C(=O)OC(C)(C)C)CC2CC1.CC(C)(C)OC(=O)N1C[C@H]2CCNCC[C@H]2C1. The molecule has 0 spiro atoms. The minimum atomic E-state index is -0.437. The summed E-state index contributed by atoms with van der Waals surface area (Å²) in [6.45, 7) is 24.2. The van der Waals surface area contributed by atoms with Gasteiger partial charge in [-0.2, -0.15) is 0 Å². The average Bonchev–Trinajstić information content (AvgIpc) is 3.29. The van der Waals surface area contributed by atoms with Crippen molar-refractivity contribution in [3.63, 3.8) is 0 Å². The maximum absolute atomic E-state index is 12.1. The number of ether oxygens (including phenoxy) is 2. The number of carbonyl (C=O) groups is 3. The molecule has 4 heterocycles. The molecule has 9 heteroatoms. The van der Waals surface area contributed by atoms with Crippen molar-refractivity contribution in [2.75, 3.05) is 52.4 Å². The van der Waals surface area contributed by atoms with Gasteiger partial charge in [0.1, 0.15) is 11.2 Å². The summed E-state index contributed by atoms with van der Waals surface area (Å²) in [5.41, 5.74) is -0.823. The first kappa shape index (κ1) is 33.2. The van der Waals surface area contributed by atoms with E-state index >= 15 is 0 Å². The molecule has 0 aromatic rings. The van der Waals surface area contributed by atoms with Crippen molar-refractivity contribution in [1.82, 2.24) is 20.0 Å². The van der Waals surface area contributed by atoms with Gasteiger partial charge in [0.25, 0.3) is 0 Å². The van der Waals surface area contributed by atoms with E-state index in [1.165, 1.54) is 12.8 Å². The number of nitrogens with one attached hydrogen (secondary N) is 1. The van der Waals surface area contributed by atoms with Gasteiger partial charge in [-0.25, -0.2) is 9.59 Å². The molecule has 0 aromatic heterocycles. The normalized spacial score (nSPS) is 26.9. The van der Waals surface area contributed by atoms with Crippen molar-refractivity contribution in [1.29, 1.82) is 0 Å². The topological polar surface area (TPSA) is 91.4 Å². The van der Waals surface area contributed by atoms with Crippen LogP contribution in [0.25, 0.3) is 0 Å². The second-order valence-corrected chi connectivity index (χ2v) is 13.2. The van der Waals surface area contributed by atoms with Crippen LogP contribution in [-0.4, -0.2) is 96.4 Å². The standard InChI is InChI=1S/C15H26N2O3.C13H24N2O2.C2H6/c1-11(18)16-7-5-12-9-17(10-13(12)6-8-16)14(19)20-15(2,3)4;1-13(2,3)17-12(16)15-8-10-4-6-14-7-5-11(10)9-15;1-2/h12-13H,5-10H2,1-4H3;10-11,14H,4-9H2,1-3H3;1-2H3/t;10-,11+;. The zero-order valence-corrected chi connectivity index (χ0v) is 26.2. The number of fused-ring (bicyclic) bond motifs is 2. The molecule has 0 aromatic carbocycles. The molecule has 4 aliphatic rings. The van der Waals surface area contributed by atoms with Crippen LogP contribution in [0.4, 0.5) is 9.59 Å². The number of carbonyl (C=O) groups excluding carboxylic acids is 3. The summed E-state index contributed by atoms with van der Waals surface area (Å²) in [5.74, 6) is 2.50. The Kier molecular flexibility index (Phi) is 12.4. The molecule has 4 fully saturated rings. The number of likely N-dealkylation sites (tertiary alicyclic amines) is 3. The van der Waals surface area contributed by atoms with Crippen LogP contribution >= 0.6 is 0 Å². The van der Waals surface area contributed by atoms with Gasteiger partial charge >= 0.3 is 12.2 Å². The highest BCUT2D eigenvalue weighted by atomic mass is 16.6. The highest BCUT2D eigenvalue weighted by Gasteiger charge is 2.39. The Morgan fingerprint density at radius 2 is 0.949 bits per heavy atom. The van der Waals surface area contributed by atoms with Crippen molar-refractivity contribution >= 4 is 18.1 Å². The molecule has 1 N–H and O–H groups in total. The smallest absolute Gasteiger partial charge is 0.410 e. The summed E-state index contributed by atoms with van der Waals surface area (Å²) >= 11 is 0. The van der Waals surface area contributed by atoms with Crippen molar-refractivity contribution in [2.24, 2.45) is 23.7 Å². The molecule has 0 radical (unpaired) electrons. The average molecular weight is 553 g/mol. The fourth-order valence-corrected chi connectivity index (χ4v) is 5.91. The summed E-state index contributed by atoms with van der Waals surface area (Å²) in [6.07, 6.45) is 4.01. The molecule has 39 heavy (non-hydrogen) atoms. The van der Waals surface area contributed by atoms with Crippen LogP contribution in [0, 0.1) is 23.7 Å². The van der Waals surface area contributed by atoms with Gasteiger partial charge in [-0.05, 0) is 104 Å². The Hall–Kier alpha value is -2.03. The zero-order valence-electron chi connectivity index (χ0n) is 26.2.